The van der Waals surface area contributed by atoms with Crippen LogP contribution in [0.4, 0.5) is 0 Å². The molecule has 2 fully saturated rings. The minimum Gasteiger partial charge on any atom is -0.342 e. The van der Waals surface area contributed by atoms with Crippen LogP contribution >= 0.6 is 0 Å². The number of hydrogen-bond acceptors (Lipinski definition) is 3. The topological polar surface area (TPSA) is 27.7 Å². The highest BCUT2D eigenvalue weighted by Gasteiger charge is 2.54. The minimum absolute atomic E-state index is 0.0233. The number of fused-ring (bicyclic) bond motifs is 1. The molecule has 0 saturated carbocycles. The van der Waals surface area contributed by atoms with E-state index in [4.69, 9.17) is 14.2 Å². The maximum atomic E-state index is 6.19. The van der Waals surface area contributed by atoms with E-state index in [0.29, 0.717) is 0 Å². The van der Waals surface area contributed by atoms with E-state index in [1.807, 2.05) is 13.8 Å². The Hall–Kier alpha value is -0.343. The minimum atomic E-state index is -1.44. The summed E-state index contributed by atoms with van der Waals surface area (Å²) in [6.45, 7) is 12.9. The van der Waals surface area contributed by atoms with Crippen LogP contribution in [0.1, 0.15) is 54.4 Å². The maximum Gasteiger partial charge on any atom is 0.189 e. The van der Waals surface area contributed by atoms with Crippen LogP contribution in [0, 0.1) is 11.5 Å². The average Bonchev–Trinajstić information content (AvgIpc) is 2.91. The van der Waals surface area contributed by atoms with Crippen molar-refractivity contribution >= 4 is 8.07 Å². The summed E-state index contributed by atoms with van der Waals surface area (Å²) in [5.41, 5.74) is 3.31. The lowest BCUT2D eigenvalue weighted by atomic mass is 9.97. The third kappa shape index (κ3) is 3.37. The van der Waals surface area contributed by atoms with Crippen molar-refractivity contribution < 1.29 is 14.2 Å². The third-order valence-corrected chi connectivity index (χ3v) is 9.88. The molecular weight excluding hydrogens is 280 g/mol. The maximum absolute atomic E-state index is 6.19. The molecule has 2 heterocycles. The molecule has 0 amide bonds. The van der Waals surface area contributed by atoms with Gasteiger partial charge in [0.25, 0.3) is 0 Å². The Morgan fingerprint density at radius 3 is 2.10 bits per heavy atom. The highest BCUT2D eigenvalue weighted by molar-refractivity contribution is 6.87. The van der Waals surface area contributed by atoms with Gasteiger partial charge >= 0.3 is 0 Å². The van der Waals surface area contributed by atoms with Gasteiger partial charge in [0.15, 0.2) is 12.1 Å². The fourth-order valence-electron chi connectivity index (χ4n) is 3.29. The first-order valence-corrected chi connectivity index (χ1v) is 11.0. The molecule has 2 aliphatic heterocycles. The molecule has 0 aromatic heterocycles. The van der Waals surface area contributed by atoms with Gasteiger partial charge in [0.05, 0.1) is 0 Å². The molecule has 2 rings (SSSR count). The summed E-state index contributed by atoms with van der Waals surface area (Å²) in [6, 6.07) is 3.67. The Labute approximate surface area is 130 Å². The van der Waals surface area contributed by atoms with Crippen LogP contribution in [0.3, 0.4) is 0 Å². The molecule has 3 nitrogen and oxygen atoms in total. The van der Waals surface area contributed by atoms with Crippen LogP contribution in [-0.4, -0.2) is 31.9 Å². The molecule has 21 heavy (non-hydrogen) atoms. The third-order valence-electron chi connectivity index (χ3n) is 5.17. The summed E-state index contributed by atoms with van der Waals surface area (Å²) in [7, 11) is -1.44. The van der Waals surface area contributed by atoms with Crippen LogP contribution in [0.5, 0.6) is 0 Å². The quantitative estimate of drug-likeness (QED) is 0.578. The zero-order valence-corrected chi connectivity index (χ0v) is 15.4. The second-order valence-corrected chi connectivity index (χ2v) is 11.7. The predicted molar refractivity (Wildman–Crippen MR) is 87.5 cm³/mol. The number of ether oxygens (including phenoxy) is 3. The fraction of sp³-hybridized carbons (Fsp3) is 0.882. The zero-order valence-electron chi connectivity index (χ0n) is 14.4. The van der Waals surface area contributed by atoms with Gasteiger partial charge < -0.3 is 14.2 Å². The number of rotatable bonds is 4. The molecule has 0 spiro atoms. The van der Waals surface area contributed by atoms with Crippen molar-refractivity contribution in [1.82, 2.24) is 0 Å². The Morgan fingerprint density at radius 1 is 1.00 bits per heavy atom. The Kier molecular flexibility index (Phi) is 4.89. The van der Waals surface area contributed by atoms with Gasteiger partial charge in [0.2, 0.25) is 0 Å². The van der Waals surface area contributed by atoms with E-state index in [2.05, 4.69) is 39.2 Å². The summed E-state index contributed by atoms with van der Waals surface area (Å²) in [5, 5.41) is 0. The van der Waals surface area contributed by atoms with Crippen molar-refractivity contribution in [3.05, 3.63) is 0 Å². The van der Waals surface area contributed by atoms with Gasteiger partial charge in [-0.3, -0.25) is 0 Å². The number of hydrogen-bond donors (Lipinski definition) is 0. The molecule has 1 unspecified atom stereocenters. The van der Waals surface area contributed by atoms with E-state index in [1.54, 1.807) is 0 Å². The SMILES string of the molecule is CC[C@]1(C#C[Si](CC)(CC)CC)CC2OC(C)(C)O[C@@H]2O1. The lowest BCUT2D eigenvalue weighted by Gasteiger charge is -2.27. The van der Waals surface area contributed by atoms with E-state index in [1.165, 1.54) is 18.1 Å². The smallest absolute Gasteiger partial charge is 0.189 e. The predicted octanol–water partition coefficient (Wildman–Crippen LogP) is 4.08. The van der Waals surface area contributed by atoms with Crippen molar-refractivity contribution in [2.45, 2.75) is 96.3 Å². The second-order valence-electron chi connectivity index (χ2n) is 6.80. The molecule has 0 aromatic rings. The zero-order chi connectivity index (χ0) is 15.7. The lowest BCUT2D eigenvalue weighted by Crippen LogP contribution is -2.34. The lowest BCUT2D eigenvalue weighted by molar-refractivity contribution is -0.215. The van der Waals surface area contributed by atoms with E-state index in [9.17, 15) is 0 Å². The van der Waals surface area contributed by atoms with Gasteiger partial charge in [-0.05, 0) is 38.4 Å². The Bertz CT molecular complexity index is 407. The highest BCUT2D eigenvalue weighted by Crippen LogP contribution is 2.43. The van der Waals surface area contributed by atoms with Gasteiger partial charge in [-0.15, -0.1) is 5.54 Å². The second kappa shape index (κ2) is 6.04. The van der Waals surface area contributed by atoms with E-state index in [-0.39, 0.29) is 18.0 Å². The van der Waals surface area contributed by atoms with Gasteiger partial charge in [0, 0.05) is 6.42 Å². The molecular formula is C17H30O3Si. The van der Waals surface area contributed by atoms with Gasteiger partial charge in [0.1, 0.15) is 19.8 Å². The summed E-state index contributed by atoms with van der Waals surface area (Å²) in [5.74, 6) is 2.99. The van der Waals surface area contributed by atoms with Crippen LogP contribution in [0.2, 0.25) is 18.1 Å². The van der Waals surface area contributed by atoms with Crippen molar-refractivity contribution in [2.24, 2.45) is 0 Å². The molecule has 0 aliphatic carbocycles. The summed E-state index contributed by atoms with van der Waals surface area (Å²) >= 11 is 0. The summed E-state index contributed by atoms with van der Waals surface area (Å²) in [4.78, 5) is 0. The van der Waals surface area contributed by atoms with Gasteiger partial charge in [-0.1, -0.05) is 33.6 Å². The standard InChI is InChI=1S/C17H30O3Si/c1-7-17(11-12-21(8-2,9-3)10-4)13-14-15(20-17)19-16(5,6)18-14/h14-15H,7-10,13H2,1-6H3/t14?,15-,17+/m1/s1. The Balaban J connectivity index is 2.16. The van der Waals surface area contributed by atoms with Gasteiger partial charge in [-0.2, -0.15) is 0 Å². The largest absolute Gasteiger partial charge is 0.342 e. The molecule has 120 valence electrons. The molecule has 0 bridgehead atoms. The van der Waals surface area contributed by atoms with Crippen molar-refractivity contribution in [3.8, 4) is 11.5 Å². The molecule has 0 radical (unpaired) electrons. The van der Waals surface area contributed by atoms with Crippen molar-refractivity contribution in [3.63, 3.8) is 0 Å². The molecule has 2 saturated heterocycles. The first kappa shape index (κ1) is 17.0. The van der Waals surface area contributed by atoms with Crippen LogP contribution < -0.4 is 0 Å². The fourth-order valence-corrected chi connectivity index (χ4v) is 5.82. The molecule has 0 N–H and O–H groups in total. The molecule has 0 aromatic carbocycles. The summed E-state index contributed by atoms with van der Waals surface area (Å²) < 4.78 is 18.0. The normalized spacial score (nSPS) is 34.4. The highest BCUT2D eigenvalue weighted by atomic mass is 28.3. The monoisotopic (exact) mass is 310 g/mol. The van der Waals surface area contributed by atoms with E-state index in [0.717, 1.165) is 12.8 Å². The molecule has 4 heteroatoms. The Morgan fingerprint density at radius 2 is 1.62 bits per heavy atom. The van der Waals surface area contributed by atoms with Crippen LogP contribution in [0.25, 0.3) is 0 Å². The molecule has 3 atom stereocenters. The van der Waals surface area contributed by atoms with Crippen molar-refractivity contribution in [1.29, 1.82) is 0 Å². The first-order chi connectivity index (χ1) is 9.83. The van der Waals surface area contributed by atoms with Crippen molar-refractivity contribution in [2.75, 3.05) is 0 Å². The molecule has 2 aliphatic rings. The van der Waals surface area contributed by atoms with Crippen LogP contribution in [0.15, 0.2) is 0 Å². The van der Waals surface area contributed by atoms with Crippen LogP contribution in [-0.2, 0) is 14.2 Å². The first-order valence-electron chi connectivity index (χ1n) is 8.41. The average molecular weight is 311 g/mol. The van der Waals surface area contributed by atoms with E-state index >= 15 is 0 Å². The summed E-state index contributed by atoms with van der Waals surface area (Å²) in [6.07, 6.45) is 1.49. The van der Waals surface area contributed by atoms with Gasteiger partial charge in [-0.25, -0.2) is 0 Å². The van der Waals surface area contributed by atoms with E-state index < -0.39 is 13.9 Å².